The molecule has 1 aromatic carbocycles. The molecule has 0 saturated carbocycles. The Balaban J connectivity index is 3.32. The third-order valence-corrected chi connectivity index (χ3v) is 3.64. The zero-order valence-electron chi connectivity index (χ0n) is 9.93. The lowest BCUT2D eigenvalue weighted by Gasteiger charge is -2.25. The molecule has 0 amide bonds. The van der Waals surface area contributed by atoms with E-state index in [1.165, 1.54) is 0 Å². The molecule has 0 aliphatic heterocycles. The van der Waals surface area contributed by atoms with E-state index >= 15 is 0 Å². The Morgan fingerprint density at radius 1 is 1.35 bits per heavy atom. The summed E-state index contributed by atoms with van der Waals surface area (Å²) < 4.78 is 24.0. The van der Waals surface area contributed by atoms with Gasteiger partial charge in [0.2, 0.25) is 10.0 Å². The predicted octanol–water partition coefficient (Wildman–Crippen LogP) is -0.181. The highest BCUT2D eigenvalue weighted by molar-refractivity contribution is 7.92. The van der Waals surface area contributed by atoms with Gasteiger partial charge in [0.05, 0.1) is 24.5 Å². The van der Waals surface area contributed by atoms with Gasteiger partial charge >= 0.3 is 0 Å². The van der Waals surface area contributed by atoms with Crippen molar-refractivity contribution in [3.8, 4) is 0 Å². The van der Waals surface area contributed by atoms with E-state index < -0.39 is 22.5 Å². The number of carbonyl (C=O) groups is 1. The van der Waals surface area contributed by atoms with Crippen LogP contribution in [0.3, 0.4) is 0 Å². The summed E-state index contributed by atoms with van der Waals surface area (Å²) >= 11 is 0. The fourth-order valence-corrected chi connectivity index (χ4v) is 2.40. The van der Waals surface area contributed by atoms with Crippen molar-refractivity contribution in [1.82, 2.24) is 0 Å². The molecule has 0 aliphatic carbocycles. The SMILES string of the molecule is Cc1cccc(N(CC(=O)[O-])S(C)(=O)=O)c1C. The molecule has 17 heavy (non-hydrogen) atoms. The Morgan fingerprint density at radius 2 is 1.94 bits per heavy atom. The lowest BCUT2D eigenvalue weighted by atomic mass is 10.1. The van der Waals surface area contributed by atoms with Crippen LogP contribution in [0.4, 0.5) is 5.69 Å². The van der Waals surface area contributed by atoms with Gasteiger partial charge in [0.1, 0.15) is 0 Å². The van der Waals surface area contributed by atoms with Crippen LogP contribution >= 0.6 is 0 Å². The molecule has 0 aromatic heterocycles. The number of carboxylic acids is 1. The molecule has 0 N–H and O–H groups in total. The zero-order chi connectivity index (χ0) is 13.2. The minimum atomic E-state index is -3.64. The van der Waals surface area contributed by atoms with Crippen LogP contribution in [0.15, 0.2) is 18.2 Å². The highest BCUT2D eigenvalue weighted by Crippen LogP contribution is 2.24. The van der Waals surface area contributed by atoms with E-state index in [0.717, 1.165) is 21.7 Å². The minimum absolute atomic E-state index is 0.372. The van der Waals surface area contributed by atoms with Crippen molar-refractivity contribution in [1.29, 1.82) is 0 Å². The second-order valence-corrected chi connectivity index (χ2v) is 5.77. The lowest BCUT2D eigenvalue weighted by molar-refractivity contribution is -0.303. The Morgan fingerprint density at radius 3 is 2.41 bits per heavy atom. The Hall–Kier alpha value is -1.56. The van der Waals surface area contributed by atoms with Crippen LogP contribution in [0.5, 0.6) is 0 Å². The molecule has 0 radical (unpaired) electrons. The normalized spacial score (nSPS) is 11.2. The second-order valence-electron chi connectivity index (χ2n) is 3.86. The van der Waals surface area contributed by atoms with Crippen LogP contribution in [-0.4, -0.2) is 27.2 Å². The highest BCUT2D eigenvalue weighted by Gasteiger charge is 2.19. The Labute approximate surface area is 101 Å². The number of nitrogens with zero attached hydrogens (tertiary/aromatic N) is 1. The molecule has 0 heterocycles. The van der Waals surface area contributed by atoms with E-state index in [-0.39, 0.29) is 0 Å². The summed E-state index contributed by atoms with van der Waals surface area (Å²) in [6.07, 6.45) is 0.970. The topological polar surface area (TPSA) is 77.5 Å². The van der Waals surface area contributed by atoms with Crippen molar-refractivity contribution in [2.24, 2.45) is 0 Å². The van der Waals surface area contributed by atoms with Gasteiger partial charge in [-0.3, -0.25) is 4.31 Å². The van der Waals surface area contributed by atoms with Gasteiger partial charge in [-0.1, -0.05) is 12.1 Å². The number of rotatable bonds is 4. The summed E-state index contributed by atoms with van der Waals surface area (Å²) in [7, 11) is -3.64. The first-order valence-electron chi connectivity index (χ1n) is 4.97. The molecule has 6 heteroatoms. The predicted molar refractivity (Wildman–Crippen MR) is 63.1 cm³/mol. The highest BCUT2D eigenvalue weighted by atomic mass is 32.2. The number of anilines is 1. The van der Waals surface area contributed by atoms with E-state index in [9.17, 15) is 18.3 Å². The number of sulfonamides is 1. The molecule has 5 nitrogen and oxygen atoms in total. The third-order valence-electron chi connectivity index (χ3n) is 2.52. The quantitative estimate of drug-likeness (QED) is 0.748. The van der Waals surface area contributed by atoms with Gasteiger partial charge in [-0.05, 0) is 31.0 Å². The average molecular weight is 256 g/mol. The first-order valence-corrected chi connectivity index (χ1v) is 6.82. The van der Waals surface area contributed by atoms with Crippen LogP contribution < -0.4 is 9.41 Å². The summed E-state index contributed by atoms with van der Waals surface area (Å²) in [5.74, 6) is -1.43. The van der Waals surface area contributed by atoms with Crippen LogP contribution in [0.25, 0.3) is 0 Å². The van der Waals surface area contributed by atoms with Gasteiger partial charge in [-0.15, -0.1) is 0 Å². The largest absolute Gasteiger partial charge is 0.548 e. The van der Waals surface area contributed by atoms with Gasteiger partial charge in [0, 0.05) is 0 Å². The maximum atomic E-state index is 11.6. The van der Waals surface area contributed by atoms with Crippen molar-refractivity contribution >= 4 is 21.7 Å². The molecule has 94 valence electrons. The summed E-state index contributed by atoms with van der Waals surface area (Å²) in [5, 5.41) is 10.6. The molecule has 0 unspecified atom stereocenters. The van der Waals surface area contributed by atoms with Gasteiger partial charge in [0.25, 0.3) is 0 Å². The Bertz CT molecular complexity index is 536. The zero-order valence-corrected chi connectivity index (χ0v) is 10.7. The van der Waals surface area contributed by atoms with Crippen molar-refractivity contribution in [2.45, 2.75) is 13.8 Å². The molecule has 1 rings (SSSR count). The second kappa shape index (κ2) is 4.75. The summed E-state index contributed by atoms with van der Waals surface area (Å²) in [6, 6.07) is 5.09. The molecular formula is C11H14NO4S-. The summed E-state index contributed by atoms with van der Waals surface area (Å²) in [5.41, 5.74) is 2.00. The number of aryl methyl sites for hydroxylation is 1. The summed E-state index contributed by atoms with van der Waals surface area (Å²) in [4.78, 5) is 10.6. The molecule has 0 spiro atoms. The number of hydrogen-bond acceptors (Lipinski definition) is 4. The van der Waals surface area contributed by atoms with Crippen LogP contribution in [0, 0.1) is 13.8 Å². The number of carbonyl (C=O) groups excluding carboxylic acids is 1. The molecule has 0 saturated heterocycles. The van der Waals surface area contributed by atoms with Crippen molar-refractivity contribution < 1.29 is 18.3 Å². The van der Waals surface area contributed by atoms with E-state index in [0.29, 0.717) is 5.69 Å². The van der Waals surface area contributed by atoms with E-state index in [1.807, 2.05) is 13.0 Å². The molecule has 0 atom stereocenters. The molecule has 1 aromatic rings. The lowest BCUT2D eigenvalue weighted by Crippen LogP contribution is -2.41. The summed E-state index contributed by atoms with van der Waals surface area (Å²) in [6.45, 7) is 2.90. The van der Waals surface area contributed by atoms with Crippen molar-refractivity contribution in [3.05, 3.63) is 29.3 Å². The monoisotopic (exact) mass is 256 g/mol. The van der Waals surface area contributed by atoms with Crippen molar-refractivity contribution in [2.75, 3.05) is 17.1 Å². The third kappa shape index (κ3) is 3.20. The van der Waals surface area contributed by atoms with Gasteiger partial charge in [-0.2, -0.15) is 0 Å². The van der Waals surface area contributed by atoms with E-state index in [2.05, 4.69) is 0 Å². The van der Waals surface area contributed by atoms with Crippen LogP contribution in [0.1, 0.15) is 11.1 Å². The number of aliphatic carboxylic acids is 1. The van der Waals surface area contributed by atoms with E-state index in [4.69, 9.17) is 0 Å². The van der Waals surface area contributed by atoms with Gasteiger partial charge < -0.3 is 9.90 Å². The molecular weight excluding hydrogens is 242 g/mol. The molecule has 0 fully saturated rings. The number of benzene rings is 1. The Kier molecular flexibility index (Phi) is 3.77. The first kappa shape index (κ1) is 13.5. The molecule has 0 aliphatic rings. The van der Waals surface area contributed by atoms with Gasteiger partial charge in [-0.25, -0.2) is 8.42 Å². The van der Waals surface area contributed by atoms with Crippen LogP contribution in [0.2, 0.25) is 0 Å². The minimum Gasteiger partial charge on any atom is -0.548 e. The van der Waals surface area contributed by atoms with E-state index in [1.54, 1.807) is 19.1 Å². The molecule has 0 bridgehead atoms. The smallest absolute Gasteiger partial charge is 0.232 e. The van der Waals surface area contributed by atoms with Crippen LogP contribution in [-0.2, 0) is 14.8 Å². The maximum absolute atomic E-state index is 11.6. The van der Waals surface area contributed by atoms with Crippen molar-refractivity contribution in [3.63, 3.8) is 0 Å². The fourth-order valence-electron chi connectivity index (χ4n) is 1.50. The maximum Gasteiger partial charge on any atom is 0.232 e. The van der Waals surface area contributed by atoms with Gasteiger partial charge in [0.15, 0.2) is 0 Å². The first-order chi connectivity index (χ1) is 7.73. The number of hydrogen-bond donors (Lipinski definition) is 0. The average Bonchev–Trinajstić information content (AvgIpc) is 2.17. The number of carboxylic acid groups (broad SMARTS) is 1. The fraction of sp³-hybridized carbons (Fsp3) is 0.364. The standard InChI is InChI=1S/C11H15NO4S/c1-8-5-4-6-10(9(8)2)12(7-11(13)14)17(3,15)16/h4-6H,7H2,1-3H3,(H,13,14)/p-1.